The topological polar surface area (TPSA) is 94.8 Å². The van der Waals surface area contributed by atoms with Crippen molar-refractivity contribution in [3.63, 3.8) is 0 Å². The van der Waals surface area contributed by atoms with Crippen molar-refractivity contribution < 1.29 is 9.53 Å². The molecule has 0 spiro atoms. The van der Waals surface area contributed by atoms with E-state index in [0.717, 1.165) is 17.0 Å². The third kappa shape index (κ3) is 3.32. The molecule has 0 bridgehead atoms. The van der Waals surface area contributed by atoms with Crippen molar-refractivity contribution >= 4 is 11.6 Å². The standard InChI is InChI=1S/C17H18N6O2/c1-10-11(2)22-23(12(10)3)17-19-8-14(9-20-17)21-16(24)13-5-6-18-15(7-13)25-4/h5-9H,1-4H3,(H,21,24). The second-order valence-corrected chi connectivity index (χ2v) is 5.52. The molecule has 0 aliphatic heterocycles. The van der Waals surface area contributed by atoms with Crippen molar-refractivity contribution in [2.75, 3.05) is 12.4 Å². The van der Waals surface area contributed by atoms with Crippen LogP contribution in [0, 0.1) is 20.8 Å². The number of nitrogens with one attached hydrogen (secondary N) is 1. The van der Waals surface area contributed by atoms with Crippen LogP contribution >= 0.6 is 0 Å². The van der Waals surface area contributed by atoms with Crippen LogP contribution in [0.15, 0.2) is 30.7 Å². The molecule has 0 saturated heterocycles. The minimum Gasteiger partial charge on any atom is -0.481 e. The number of anilines is 1. The Kier molecular flexibility index (Phi) is 4.42. The van der Waals surface area contributed by atoms with Crippen LogP contribution < -0.4 is 10.1 Å². The molecule has 0 aromatic carbocycles. The zero-order valence-electron chi connectivity index (χ0n) is 14.4. The van der Waals surface area contributed by atoms with Crippen LogP contribution in [-0.4, -0.2) is 37.7 Å². The van der Waals surface area contributed by atoms with Crippen LogP contribution in [0.2, 0.25) is 0 Å². The summed E-state index contributed by atoms with van der Waals surface area (Å²) in [6.45, 7) is 5.91. The van der Waals surface area contributed by atoms with E-state index in [2.05, 4.69) is 25.4 Å². The van der Waals surface area contributed by atoms with Crippen molar-refractivity contribution in [1.29, 1.82) is 0 Å². The van der Waals surface area contributed by atoms with Gasteiger partial charge >= 0.3 is 0 Å². The number of aromatic nitrogens is 5. The number of aryl methyl sites for hydroxylation is 1. The Morgan fingerprint density at radius 3 is 2.48 bits per heavy atom. The summed E-state index contributed by atoms with van der Waals surface area (Å²) in [6, 6.07) is 3.16. The lowest BCUT2D eigenvalue weighted by Gasteiger charge is -2.07. The second kappa shape index (κ2) is 6.68. The summed E-state index contributed by atoms with van der Waals surface area (Å²) >= 11 is 0. The summed E-state index contributed by atoms with van der Waals surface area (Å²) < 4.78 is 6.70. The molecule has 0 unspecified atom stereocenters. The fourth-order valence-electron chi connectivity index (χ4n) is 2.28. The normalized spacial score (nSPS) is 10.6. The first kappa shape index (κ1) is 16.6. The van der Waals surface area contributed by atoms with Crippen LogP contribution in [0.5, 0.6) is 5.88 Å². The van der Waals surface area contributed by atoms with E-state index in [-0.39, 0.29) is 5.91 Å². The third-order valence-corrected chi connectivity index (χ3v) is 3.94. The molecule has 3 rings (SSSR count). The van der Waals surface area contributed by atoms with E-state index in [0.29, 0.717) is 23.1 Å². The number of methoxy groups -OCH3 is 1. The van der Waals surface area contributed by atoms with Gasteiger partial charge in [0.1, 0.15) is 0 Å². The van der Waals surface area contributed by atoms with Gasteiger partial charge in [-0.15, -0.1) is 0 Å². The molecule has 1 amide bonds. The Labute approximate surface area is 144 Å². The maximum atomic E-state index is 12.3. The van der Waals surface area contributed by atoms with Crippen molar-refractivity contribution in [2.24, 2.45) is 0 Å². The predicted molar refractivity (Wildman–Crippen MR) is 92.1 cm³/mol. The Bertz CT molecular complexity index is 917. The molecule has 1 N–H and O–H groups in total. The monoisotopic (exact) mass is 338 g/mol. The number of rotatable bonds is 4. The molecular formula is C17H18N6O2. The molecule has 3 aromatic heterocycles. The van der Waals surface area contributed by atoms with Gasteiger partial charge < -0.3 is 10.1 Å². The van der Waals surface area contributed by atoms with E-state index in [9.17, 15) is 4.79 Å². The molecule has 8 heteroatoms. The molecule has 0 fully saturated rings. The number of pyridine rings is 1. The van der Waals surface area contributed by atoms with Crippen molar-refractivity contribution in [2.45, 2.75) is 20.8 Å². The summed E-state index contributed by atoms with van der Waals surface area (Å²) in [7, 11) is 1.50. The SMILES string of the molecule is COc1cc(C(=O)Nc2cnc(-n3nc(C)c(C)c3C)nc2)ccn1. The van der Waals surface area contributed by atoms with Gasteiger partial charge in [-0.2, -0.15) is 5.10 Å². The highest BCUT2D eigenvalue weighted by Gasteiger charge is 2.12. The first-order chi connectivity index (χ1) is 12.0. The highest BCUT2D eigenvalue weighted by molar-refractivity contribution is 6.04. The van der Waals surface area contributed by atoms with Gasteiger partial charge in [-0.1, -0.05) is 0 Å². The van der Waals surface area contributed by atoms with E-state index in [1.54, 1.807) is 29.2 Å². The van der Waals surface area contributed by atoms with Gasteiger partial charge in [0.15, 0.2) is 0 Å². The van der Waals surface area contributed by atoms with Crippen LogP contribution in [0.3, 0.4) is 0 Å². The van der Waals surface area contributed by atoms with E-state index < -0.39 is 0 Å². The Morgan fingerprint density at radius 1 is 1.16 bits per heavy atom. The summed E-state index contributed by atoms with van der Waals surface area (Å²) in [6.07, 6.45) is 4.60. The zero-order valence-corrected chi connectivity index (χ0v) is 14.4. The fourth-order valence-corrected chi connectivity index (χ4v) is 2.28. The molecular weight excluding hydrogens is 320 g/mol. The number of ether oxygens (including phenoxy) is 1. The quantitative estimate of drug-likeness (QED) is 0.784. The first-order valence-corrected chi connectivity index (χ1v) is 7.66. The molecule has 128 valence electrons. The third-order valence-electron chi connectivity index (χ3n) is 3.94. The number of carbonyl (C=O) groups excluding carboxylic acids is 1. The van der Waals surface area contributed by atoms with Gasteiger partial charge in [0.2, 0.25) is 5.88 Å². The Hall–Kier alpha value is -3.29. The summed E-state index contributed by atoms with van der Waals surface area (Å²) in [5.74, 6) is 0.537. The molecule has 0 radical (unpaired) electrons. The lowest BCUT2D eigenvalue weighted by molar-refractivity contribution is 0.102. The smallest absolute Gasteiger partial charge is 0.255 e. The predicted octanol–water partition coefficient (Wildman–Crippen LogP) is 2.24. The van der Waals surface area contributed by atoms with Crippen LogP contribution in [0.1, 0.15) is 27.3 Å². The summed E-state index contributed by atoms with van der Waals surface area (Å²) in [4.78, 5) is 24.8. The van der Waals surface area contributed by atoms with E-state index in [4.69, 9.17) is 4.74 Å². The number of hydrogen-bond donors (Lipinski definition) is 1. The highest BCUT2D eigenvalue weighted by Crippen LogP contribution is 2.15. The largest absolute Gasteiger partial charge is 0.481 e. The molecule has 0 aliphatic rings. The maximum absolute atomic E-state index is 12.3. The molecule has 3 aromatic rings. The van der Waals surface area contributed by atoms with Gasteiger partial charge in [-0.25, -0.2) is 19.6 Å². The zero-order chi connectivity index (χ0) is 18.0. The minimum absolute atomic E-state index is 0.293. The average Bonchev–Trinajstić information content (AvgIpc) is 2.90. The lowest BCUT2D eigenvalue weighted by Crippen LogP contribution is -2.13. The molecule has 8 nitrogen and oxygen atoms in total. The first-order valence-electron chi connectivity index (χ1n) is 7.66. The number of hydrogen-bond acceptors (Lipinski definition) is 6. The Balaban J connectivity index is 1.78. The molecule has 0 saturated carbocycles. The summed E-state index contributed by atoms with van der Waals surface area (Å²) in [5.41, 5.74) is 3.95. The van der Waals surface area contributed by atoms with Crippen molar-refractivity contribution in [1.82, 2.24) is 24.7 Å². The highest BCUT2D eigenvalue weighted by atomic mass is 16.5. The van der Waals surface area contributed by atoms with Crippen LogP contribution in [0.25, 0.3) is 5.95 Å². The number of carbonyl (C=O) groups is 1. The lowest BCUT2D eigenvalue weighted by atomic mass is 10.2. The van der Waals surface area contributed by atoms with Crippen LogP contribution in [-0.2, 0) is 0 Å². The average molecular weight is 338 g/mol. The van der Waals surface area contributed by atoms with Crippen LogP contribution in [0.4, 0.5) is 5.69 Å². The second-order valence-electron chi connectivity index (χ2n) is 5.52. The minimum atomic E-state index is -0.293. The van der Waals surface area contributed by atoms with Gasteiger partial charge in [-0.3, -0.25) is 4.79 Å². The van der Waals surface area contributed by atoms with Gasteiger partial charge in [0.25, 0.3) is 11.9 Å². The molecule has 0 aliphatic carbocycles. The molecule has 25 heavy (non-hydrogen) atoms. The Morgan fingerprint density at radius 2 is 1.88 bits per heavy atom. The maximum Gasteiger partial charge on any atom is 0.255 e. The van der Waals surface area contributed by atoms with E-state index >= 15 is 0 Å². The molecule has 3 heterocycles. The fraction of sp³-hybridized carbons (Fsp3) is 0.235. The molecule has 0 atom stereocenters. The number of amides is 1. The van der Waals surface area contributed by atoms with E-state index in [1.807, 2.05) is 20.8 Å². The number of nitrogens with zero attached hydrogens (tertiary/aromatic N) is 5. The van der Waals surface area contributed by atoms with Gasteiger partial charge in [-0.05, 0) is 32.4 Å². The van der Waals surface area contributed by atoms with Crippen molar-refractivity contribution in [3.05, 3.63) is 53.2 Å². The van der Waals surface area contributed by atoms with Gasteiger partial charge in [0, 0.05) is 23.5 Å². The van der Waals surface area contributed by atoms with Crippen molar-refractivity contribution in [3.8, 4) is 11.8 Å². The van der Waals surface area contributed by atoms with Gasteiger partial charge in [0.05, 0.1) is 30.9 Å². The van der Waals surface area contributed by atoms with E-state index in [1.165, 1.54) is 13.3 Å². The summed E-state index contributed by atoms with van der Waals surface area (Å²) in [5, 5.41) is 7.16.